The third kappa shape index (κ3) is 3.06. The van der Waals surface area contributed by atoms with Crippen LogP contribution in [-0.4, -0.2) is 21.9 Å². The summed E-state index contributed by atoms with van der Waals surface area (Å²) in [7, 11) is 1.44. The number of methoxy groups -OCH3 is 1. The molecule has 0 spiro atoms. The molecule has 0 fully saturated rings. The highest BCUT2D eigenvalue weighted by Gasteiger charge is 2.07. The molecule has 0 saturated carbocycles. The topological polar surface area (TPSA) is 52.0 Å². The fourth-order valence-electron chi connectivity index (χ4n) is 2.12. The maximum absolute atomic E-state index is 13.7. The highest BCUT2D eigenvalue weighted by molar-refractivity contribution is 5.57. The number of nitrogens with one attached hydrogen (secondary N) is 1. The Bertz CT molecular complexity index is 758. The number of hydrogen-bond donors (Lipinski definition) is 1. The summed E-state index contributed by atoms with van der Waals surface area (Å²) < 4.78 is 20.4. The molecule has 112 valence electrons. The summed E-state index contributed by atoms with van der Waals surface area (Å²) in [6.07, 6.45) is 5.18. The molecule has 0 radical (unpaired) electrons. The second-order valence-electron chi connectivity index (χ2n) is 4.70. The van der Waals surface area contributed by atoms with Gasteiger partial charge in [-0.3, -0.25) is 4.98 Å². The van der Waals surface area contributed by atoms with Crippen molar-refractivity contribution in [1.82, 2.24) is 14.8 Å². The van der Waals surface area contributed by atoms with Gasteiger partial charge < -0.3 is 10.1 Å². The van der Waals surface area contributed by atoms with Gasteiger partial charge >= 0.3 is 0 Å². The lowest BCUT2D eigenvalue weighted by Gasteiger charge is -2.11. The molecule has 0 aliphatic heterocycles. The minimum absolute atomic E-state index is 0.218. The SMILES string of the molecule is COc1ccc(Nc2ccnn2Cc2ccncc2)cc1F. The molecule has 0 saturated heterocycles. The van der Waals surface area contributed by atoms with Crippen LogP contribution in [0, 0.1) is 5.82 Å². The molecule has 0 atom stereocenters. The van der Waals surface area contributed by atoms with Gasteiger partial charge in [0, 0.05) is 30.2 Å². The molecule has 0 bridgehead atoms. The van der Waals surface area contributed by atoms with E-state index in [4.69, 9.17) is 4.74 Å². The van der Waals surface area contributed by atoms with E-state index in [0.29, 0.717) is 12.2 Å². The van der Waals surface area contributed by atoms with Gasteiger partial charge in [0.1, 0.15) is 5.82 Å². The molecule has 6 heteroatoms. The van der Waals surface area contributed by atoms with Gasteiger partial charge in [-0.2, -0.15) is 5.10 Å². The summed E-state index contributed by atoms with van der Waals surface area (Å²) in [6.45, 7) is 0.608. The zero-order chi connectivity index (χ0) is 15.4. The molecule has 1 N–H and O–H groups in total. The first-order chi connectivity index (χ1) is 10.8. The summed E-state index contributed by atoms with van der Waals surface area (Å²) in [5.41, 5.74) is 1.72. The maximum Gasteiger partial charge on any atom is 0.167 e. The smallest absolute Gasteiger partial charge is 0.167 e. The molecule has 2 heterocycles. The van der Waals surface area contributed by atoms with Gasteiger partial charge in [0.2, 0.25) is 0 Å². The van der Waals surface area contributed by atoms with Crippen LogP contribution in [0.2, 0.25) is 0 Å². The molecule has 0 amide bonds. The Kier molecular flexibility index (Phi) is 4.00. The summed E-state index contributed by atoms with van der Waals surface area (Å²) in [6, 6.07) is 10.4. The van der Waals surface area contributed by atoms with Crippen molar-refractivity contribution in [1.29, 1.82) is 0 Å². The fraction of sp³-hybridized carbons (Fsp3) is 0.125. The lowest BCUT2D eigenvalue weighted by Crippen LogP contribution is -2.06. The highest BCUT2D eigenvalue weighted by atomic mass is 19.1. The van der Waals surface area contributed by atoms with Gasteiger partial charge in [-0.05, 0) is 29.8 Å². The third-order valence-corrected chi connectivity index (χ3v) is 3.22. The number of benzene rings is 1. The summed E-state index contributed by atoms with van der Waals surface area (Å²) in [5.74, 6) is 0.588. The van der Waals surface area contributed by atoms with Crippen molar-refractivity contribution in [2.45, 2.75) is 6.54 Å². The van der Waals surface area contributed by atoms with E-state index in [2.05, 4.69) is 15.4 Å². The van der Waals surface area contributed by atoms with Crippen LogP contribution < -0.4 is 10.1 Å². The zero-order valence-electron chi connectivity index (χ0n) is 12.0. The number of pyridine rings is 1. The minimum atomic E-state index is -0.410. The molecular formula is C16H15FN4O. The number of rotatable bonds is 5. The van der Waals surface area contributed by atoms with Gasteiger partial charge in [-0.25, -0.2) is 9.07 Å². The van der Waals surface area contributed by atoms with E-state index in [1.54, 1.807) is 35.4 Å². The van der Waals surface area contributed by atoms with Gasteiger partial charge in [0.15, 0.2) is 11.6 Å². The van der Waals surface area contributed by atoms with E-state index >= 15 is 0 Å². The highest BCUT2D eigenvalue weighted by Crippen LogP contribution is 2.23. The minimum Gasteiger partial charge on any atom is -0.494 e. The van der Waals surface area contributed by atoms with Gasteiger partial charge in [0.05, 0.1) is 19.9 Å². The number of anilines is 2. The number of hydrogen-bond acceptors (Lipinski definition) is 4. The normalized spacial score (nSPS) is 10.5. The van der Waals surface area contributed by atoms with E-state index in [1.165, 1.54) is 13.2 Å². The molecule has 0 unspecified atom stereocenters. The van der Waals surface area contributed by atoms with E-state index in [1.807, 2.05) is 18.2 Å². The Morgan fingerprint density at radius 3 is 2.68 bits per heavy atom. The fourth-order valence-corrected chi connectivity index (χ4v) is 2.12. The monoisotopic (exact) mass is 298 g/mol. The quantitative estimate of drug-likeness (QED) is 0.786. The van der Waals surface area contributed by atoms with Gasteiger partial charge in [-0.15, -0.1) is 0 Å². The predicted octanol–water partition coefficient (Wildman–Crippen LogP) is 3.22. The maximum atomic E-state index is 13.7. The molecule has 0 aliphatic rings. The molecule has 2 aromatic heterocycles. The summed E-state index contributed by atoms with van der Waals surface area (Å²) in [4.78, 5) is 3.99. The van der Waals surface area contributed by atoms with Crippen LogP contribution in [0.15, 0.2) is 55.0 Å². The lowest BCUT2D eigenvalue weighted by molar-refractivity contribution is 0.386. The van der Waals surface area contributed by atoms with Crippen LogP contribution in [0.1, 0.15) is 5.56 Å². The van der Waals surface area contributed by atoms with Gasteiger partial charge in [-0.1, -0.05) is 0 Å². The van der Waals surface area contributed by atoms with Crippen molar-refractivity contribution in [2.75, 3.05) is 12.4 Å². The lowest BCUT2D eigenvalue weighted by atomic mass is 10.2. The Morgan fingerprint density at radius 1 is 1.14 bits per heavy atom. The standard InChI is InChI=1S/C16H15FN4O/c1-22-15-3-2-13(10-14(15)17)20-16-6-9-19-21(16)11-12-4-7-18-8-5-12/h2-10,20H,11H2,1H3. The van der Waals surface area contributed by atoms with E-state index < -0.39 is 5.82 Å². The van der Waals surface area contributed by atoms with Crippen molar-refractivity contribution in [3.05, 3.63) is 66.4 Å². The molecule has 0 aliphatic carbocycles. The molecule has 22 heavy (non-hydrogen) atoms. The summed E-state index contributed by atoms with van der Waals surface area (Å²) in [5, 5.41) is 7.43. The average Bonchev–Trinajstić information content (AvgIpc) is 2.95. The Labute approximate surface area is 127 Å². The first kappa shape index (κ1) is 14.1. The van der Waals surface area contributed by atoms with E-state index in [-0.39, 0.29) is 5.75 Å². The van der Waals surface area contributed by atoms with E-state index in [9.17, 15) is 4.39 Å². The number of ether oxygens (including phenoxy) is 1. The Balaban J connectivity index is 1.79. The van der Waals surface area contributed by atoms with Crippen LogP contribution in [0.5, 0.6) is 5.75 Å². The van der Waals surface area contributed by atoms with Crippen LogP contribution in [0.3, 0.4) is 0 Å². The number of aromatic nitrogens is 3. The van der Waals surface area contributed by atoms with Crippen LogP contribution >= 0.6 is 0 Å². The predicted molar refractivity (Wildman–Crippen MR) is 81.8 cm³/mol. The molecule has 3 rings (SSSR count). The zero-order valence-corrected chi connectivity index (χ0v) is 12.0. The van der Waals surface area contributed by atoms with Crippen molar-refractivity contribution in [3.63, 3.8) is 0 Å². The third-order valence-electron chi connectivity index (χ3n) is 3.22. The van der Waals surface area contributed by atoms with E-state index in [0.717, 1.165) is 11.4 Å². The summed E-state index contributed by atoms with van der Waals surface area (Å²) >= 11 is 0. The second kappa shape index (κ2) is 6.26. The first-order valence-corrected chi connectivity index (χ1v) is 6.77. The van der Waals surface area contributed by atoms with Crippen molar-refractivity contribution >= 4 is 11.5 Å². The molecule has 5 nitrogen and oxygen atoms in total. The molecule has 3 aromatic rings. The van der Waals surface area contributed by atoms with Crippen molar-refractivity contribution in [2.24, 2.45) is 0 Å². The largest absolute Gasteiger partial charge is 0.494 e. The average molecular weight is 298 g/mol. The van der Waals surface area contributed by atoms with Crippen molar-refractivity contribution in [3.8, 4) is 5.75 Å². The number of halogens is 1. The van der Waals surface area contributed by atoms with Crippen molar-refractivity contribution < 1.29 is 9.13 Å². The molecule has 1 aromatic carbocycles. The van der Waals surface area contributed by atoms with Gasteiger partial charge in [0.25, 0.3) is 0 Å². The molecular weight excluding hydrogens is 283 g/mol. The van der Waals surface area contributed by atoms with Crippen LogP contribution in [0.4, 0.5) is 15.9 Å². The van der Waals surface area contributed by atoms with Crippen LogP contribution in [-0.2, 0) is 6.54 Å². The Morgan fingerprint density at radius 2 is 1.95 bits per heavy atom. The Hall–Kier alpha value is -2.89. The van der Waals surface area contributed by atoms with Crippen LogP contribution in [0.25, 0.3) is 0 Å². The second-order valence-corrected chi connectivity index (χ2v) is 4.70. The first-order valence-electron chi connectivity index (χ1n) is 6.77. The number of nitrogens with zero attached hydrogens (tertiary/aromatic N) is 3.